The molecule has 1 fully saturated rings. The molecule has 2 aromatic carbocycles. The standard InChI is InChI=1S/C23H24FN3O5/c1-23(2,3)32-22(31)26-17-9-8-16(24)12-18(17)25-21(30)15-6-4-14(5-7-15)13-27-19(28)10-11-20(27)29/h4-9,12H,10-11,13H2,1-3H3,(H,25,30)(H,26,31). The maximum atomic E-state index is 13.8. The van der Waals surface area contributed by atoms with Gasteiger partial charge in [-0.05, 0) is 56.7 Å². The van der Waals surface area contributed by atoms with Crippen LogP contribution in [0.2, 0.25) is 0 Å². The molecule has 0 saturated carbocycles. The van der Waals surface area contributed by atoms with E-state index in [1.807, 2.05) is 0 Å². The number of hydrogen-bond donors (Lipinski definition) is 2. The molecule has 3 rings (SSSR count). The Morgan fingerprint density at radius 1 is 0.969 bits per heavy atom. The van der Waals surface area contributed by atoms with E-state index in [9.17, 15) is 23.6 Å². The first-order chi connectivity index (χ1) is 15.0. The number of carbonyl (C=O) groups excluding carboxylic acids is 4. The summed E-state index contributed by atoms with van der Waals surface area (Å²) in [5.74, 6) is -1.55. The summed E-state index contributed by atoms with van der Waals surface area (Å²) in [6.07, 6.45) is -0.311. The summed E-state index contributed by atoms with van der Waals surface area (Å²) in [7, 11) is 0. The fraction of sp³-hybridized carbons (Fsp3) is 0.304. The van der Waals surface area contributed by atoms with E-state index in [0.29, 0.717) is 5.56 Å². The van der Waals surface area contributed by atoms with Crippen molar-refractivity contribution >= 4 is 35.2 Å². The molecule has 9 heteroatoms. The van der Waals surface area contributed by atoms with Crippen LogP contribution in [0, 0.1) is 5.82 Å². The molecule has 32 heavy (non-hydrogen) atoms. The van der Waals surface area contributed by atoms with Crippen LogP contribution in [0.5, 0.6) is 0 Å². The normalized spacial score (nSPS) is 13.8. The number of anilines is 2. The Bertz CT molecular complexity index is 1040. The van der Waals surface area contributed by atoms with Crippen molar-refractivity contribution in [3.8, 4) is 0 Å². The predicted molar refractivity (Wildman–Crippen MR) is 115 cm³/mol. The third-order valence-corrected chi connectivity index (χ3v) is 4.58. The monoisotopic (exact) mass is 441 g/mol. The summed E-state index contributed by atoms with van der Waals surface area (Å²) in [6, 6.07) is 9.91. The number of hydrogen-bond acceptors (Lipinski definition) is 5. The van der Waals surface area contributed by atoms with Gasteiger partial charge in [0.05, 0.1) is 17.9 Å². The van der Waals surface area contributed by atoms with Crippen molar-refractivity contribution in [3.63, 3.8) is 0 Å². The van der Waals surface area contributed by atoms with Gasteiger partial charge in [-0.15, -0.1) is 0 Å². The molecule has 1 saturated heterocycles. The maximum Gasteiger partial charge on any atom is 0.412 e. The number of ether oxygens (including phenoxy) is 1. The molecule has 8 nitrogen and oxygen atoms in total. The minimum absolute atomic E-state index is 0.0678. The van der Waals surface area contributed by atoms with Crippen LogP contribution in [0.25, 0.3) is 0 Å². The Morgan fingerprint density at radius 3 is 2.19 bits per heavy atom. The lowest BCUT2D eigenvalue weighted by Gasteiger charge is -2.20. The van der Waals surface area contributed by atoms with Crippen molar-refractivity contribution in [3.05, 3.63) is 59.4 Å². The van der Waals surface area contributed by atoms with Gasteiger partial charge in [-0.25, -0.2) is 9.18 Å². The molecular formula is C23H24FN3O5. The van der Waals surface area contributed by atoms with E-state index in [-0.39, 0.29) is 48.1 Å². The van der Waals surface area contributed by atoms with Gasteiger partial charge >= 0.3 is 6.09 Å². The van der Waals surface area contributed by atoms with E-state index in [1.54, 1.807) is 32.9 Å². The first-order valence-electron chi connectivity index (χ1n) is 10.0. The number of nitrogens with one attached hydrogen (secondary N) is 2. The molecule has 2 N–H and O–H groups in total. The lowest BCUT2D eigenvalue weighted by atomic mass is 10.1. The molecule has 1 heterocycles. The first kappa shape index (κ1) is 22.9. The number of amides is 4. The van der Waals surface area contributed by atoms with Gasteiger partial charge in [0.2, 0.25) is 11.8 Å². The zero-order valence-corrected chi connectivity index (χ0v) is 18.0. The Labute approximate surface area is 184 Å². The second-order valence-electron chi connectivity index (χ2n) is 8.34. The minimum atomic E-state index is -0.741. The van der Waals surface area contributed by atoms with Crippen LogP contribution in [0.1, 0.15) is 49.5 Å². The lowest BCUT2D eigenvalue weighted by molar-refractivity contribution is -0.139. The molecule has 0 radical (unpaired) electrons. The summed E-state index contributed by atoms with van der Waals surface area (Å²) in [5.41, 5.74) is 0.498. The van der Waals surface area contributed by atoms with Crippen LogP contribution in [0.3, 0.4) is 0 Å². The highest BCUT2D eigenvalue weighted by Crippen LogP contribution is 2.25. The SMILES string of the molecule is CC(C)(C)OC(=O)Nc1ccc(F)cc1NC(=O)c1ccc(CN2C(=O)CCC2=O)cc1. The largest absolute Gasteiger partial charge is 0.444 e. The summed E-state index contributed by atoms with van der Waals surface area (Å²) in [5, 5.41) is 5.07. The van der Waals surface area contributed by atoms with E-state index in [1.165, 1.54) is 23.1 Å². The Morgan fingerprint density at radius 2 is 1.59 bits per heavy atom. The molecule has 4 amide bonds. The molecule has 0 aliphatic carbocycles. The van der Waals surface area contributed by atoms with Crippen LogP contribution in [-0.4, -0.2) is 34.3 Å². The van der Waals surface area contributed by atoms with Gasteiger partial charge < -0.3 is 10.1 Å². The number of nitrogens with zero attached hydrogens (tertiary/aromatic N) is 1. The molecule has 0 atom stereocenters. The molecule has 1 aliphatic rings. The van der Waals surface area contributed by atoms with Gasteiger partial charge in [-0.3, -0.25) is 24.6 Å². The van der Waals surface area contributed by atoms with Crippen LogP contribution < -0.4 is 10.6 Å². The van der Waals surface area contributed by atoms with E-state index < -0.39 is 23.4 Å². The van der Waals surface area contributed by atoms with Gasteiger partial charge in [0, 0.05) is 18.4 Å². The van der Waals surface area contributed by atoms with Crippen LogP contribution in [0.15, 0.2) is 42.5 Å². The quantitative estimate of drug-likeness (QED) is 0.681. The van der Waals surface area contributed by atoms with Crippen LogP contribution >= 0.6 is 0 Å². The highest BCUT2D eigenvalue weighted by molar-refractivity contribution is 6.07. The zero-order chi connectivity index (χ0) is 23.5. The van der Waals surface area contributed by atoms with Gasteiger partial charge in [0.1, 0.15) is 11.4 Å². The topological polar surface area (TPSA) is 105 Å². The summed E-state index contributed by atoms with van der Waals surface area (Å²) in [4.78, 5) is 49.4. The second-order valence-corrected chi connectivity index (χ2v) is 8.34. The second kappa shape index (κ2) is 9.17. The number of imide groups is 1. The van der Waals surface area contributed by atoms with E-state index >= 15 is 0 Å². The average Bonchev–Trinajstić information content (AvgIpc) is 3.01. The van der Waals surface area contributed by atoms with Gasteiger partial charge in [0.15, 0.2) is 0 Å². The maximum absolute atomic E-state index is 13.8. The molecule has 0 spiro atoms. The third-order valence-electron chi connectivity index (χ3n) is 4.58. The Hall–Kier alpha value is -3.75. The molecule has 1 aliphatic heterocycles. The highest BCUT2D eigenvalue weighted by atomic mass is 19.1. The van der Waals surface area contributed by atoms with Crippen LogP contribution in [0.4, 0.5) is 20.6 Å². The van der Waals surface area contributed by atoms with E-state index in [2.05, 4.69) is 10.6 Å². The minimum Gasteiger partial charge on any atom is -0.444 e. The number of halogens is 1. The molecule has 0 aromatic heterocycles. The number of rotatable bonds is 5. The summed E-state index contributed by atoms with van der Waals surface area (Å²) < 4.78 is 19.0. The predicted octanol–water partition coefficient (Wildman–Crippen LogP) is 4.07. The Balaban J connectivity index is 1.70. The zero-order valence-electron chi connectivity index (χ0n) is 18.0. The van der Waals surface area contributed by atoms with Crippen molar-refractivity contribution in [1.29, 1.82) is 0 Å². The fourth-order valence-electron chi connectivity index (χ4n) is 3.08. The fourth-order valence-corrected chi connectivity index (χ4v) is 3.08. The van der Waals surface area contributed by atoms with Crippen molar-refractivity contribution in [2.45, 2.75) is 45.8 Å². The van der Waals surface area contributed by atoms with Crippen molar-refractivity contribution < 1.29 is 28.3 Å². The highest BCUT2D eigenvalue weighted by Gasteiger charge is 2.28. The van der Waals surface area contributed by atoms with E-state index in [0.717, 1.165) is 12.1 Å². The molecule has 168 valence electrons. The lowest BCUT2D eigenvalue weighted by Crippen LogP contribution is -2.28. The van der Waals surface area contributed by atoms with Crippen molar-refractivity contribution in [1.82, 2.24) is 4.90 Å². The van der Waals surface area contributed by atoms with Gasteiger partial charge in [-0.1, -0.05) is 12.1 Å². The molecule has 0 unspecified atom stereocenters. The van der Waals surface area contributed by atoms with Crippen molar-refractivity contribution in [2.24, 2.45) is 0 Å². The Kier molecular flexibility index (Phi) is 6.57. The smallest absolute Gasteiger partial charge is 0.412 e. The third kappa shape index (κ3) is 5.90. The molecule has 2 aromatic rings. The van der Waals surface area contributed by atoms with Crippen LogP contribution in [-0.2, 0) is 20.9 Å². The van der Waals surface area contributed by atoms with Gasteiger partial charge in [0.25, 0.3) is 5.91 Å². The first-order valence-corrected chi connectivity index (χ1v) is 10.0. The number of benzene rings is 2. The summed E-state index contributed by atoms with van der Waals surface area (Å²) in [6.45, 7) is 5.27. The van der Waals surface area contributed by atoms with Gasteiger partial charge in [-0.2, -0.15) is 0 Å². The summed E-state index contributed by atoms with van der Waals surface area (Å²) >= 11 is 0. The van der Waals surface area contributed by atoms with E-state index in [4.69, 9.17) is 4.74 Å². The van der Waals surface area contributed by atoms with Crippen molar-refractivity contribution in [2.75, 3.05) is 10.6 Å². The molecule has 0 bridgehead atoms. The molecular weight excluding hydrogens is 417 g/mol. The average molecular weight is 441 g/mol. The number of carbonyl (C=O) groups is 4. The number of likely N-dealkylation sites (tertiary alicyclic amines) is 1.